The second-order valence-electron chi connectivity index (χ2n) is 6.47. The molecule has 25 heavy (non-hydrogen) atoms. The van der Waals surface area contributed by atoms with Gasteiger partial charge in [0.1, 0.15) is 11.5 Å². The van der Waals surface area contributed by atoms with Crippen LogP contribution in [0.2, 0.25) is 0 Å². The summed E-state index contributed by atoms with van der Waals surface area (Å²) >= 11 is 0. The molecular formula is C21H27NO3. The molecule has 1 N–H and O–H groups in total. The summed E-state index contributed by atoms with van der Waals surface area (Å²) in [5.74, 6) is 1.32. The van der Waals surface area contributed by atoms with Crippen LogP contribution in [0.4, 0.5) is 5.69 Å². The van der Waals surface area contributed by atoms with Crippen molar-refractivity contribution < 1.29 is 14.3 Å². The Labute approximate surface area is 150 Å². The zero-order valence-electron chi connectivity index (χ0n) is 15.6. The van der Waals surface area contributed by atoms with E-state index in [0.29, 0.717) is 12.1 Å². The smallest absolute Gasteiger partial charge is 0.265 e. The predicted octanol–water partition coefficient (Wildman–Crippen LogP) is 4.89. The number of nitrogens with one attached hydrogen (secondary N) is 1. The van der Waals surface area contributed by atoms with Crippen LogP contribution in [-0.2, 0) is 4.79 Å². The standard InChI is InChI=1S/C21H27NO3/c1-6-19(25-20-12-15(4)10-11-16(20)5)21(23)22-17-8-7-9-18(13-17)24-14(2)3/h7-14,19H,6H2,1-5H3,(H,22,23)/t19-/m1/s1. The van der Waals surface area contributed by atoms with Crippen molar-refractivity contribution in [2.75, 3.05) is 5.32 Å². The summed E-state index contributed by atoms with van der Waals surface area (Å²) in [4.78, 5) is 12.6. The van der Waals surface area contributed by atoms with Crippen LogP contribution < -0.4 is 14.8 Å². The van der Waals surface area contributed by atoms with Crippen LogP contribution in [0, 0.1) is 13.8 Å². The zero-order chi connectivity index (χ0) is 18.4. The molecule has 0 spiro atoms. The van der Waals surface area contributed by atoms with E-state index in [1.165, 1.54) is 0 Å². The number of ether oxygens (including phenoxy) is 2. The van der Waals surface area contributed by atoms with Crippen LogP contribution in [-0.4, -0.2) is 18.1 Å². The van der Waals surface area contributed by atoms with Gasteiger partial charge >= 0.3 is 0 Å². The van der Waals surface area contributed by atoms with Gasteiger partial charge in [0.15, 0.2) is 6.10 Å². The van der Waals surface area contributed by atoms with Gasteiger partial charge in [0, 0.05) is 11.8 Å². The summed E-state index contributed by atoms with van der Waals surface area (Å²) in [6, 6.07) is 13.4. The van der Waals surface area contributed by atoms with Gasteiger partial charge in [-0.3, -0.25) is 4.79 Å². The van der Waals surface area contributed by atoms with E-state index in [-0.39, 0.29) is 12.0 Å². The normalized spacial score (nSPS) is 11.9. The summed E-state index contributed by atoms with van der Waals surface area (Å²) in [6.07, 6.45) is 0.124. The maximum Gasteiger partial charge on any atom is 0.265 e. The highest BCUT2D eigenvalue weighted by molar-refractivity contribution is 5.94. The lowest BCUT2D eigenvalue weighted by atomic mass is 10.1. The molecule has 0 saturated carbocycles. The van der Waals surface area contributed by atoms with Crippen molar-refractivity contribution in [3.8, 4) is 11.5 Å². The van der Waals surface area contributed by atoms with Crippen molar-refractivity contribution in [3.63, 3.8) is 0 Å². The van der Waals surface area contributed by atoms with E-state index < -0.39 is 6.10 Å². The zero-order valence-corrected chi connectivity index (χ0v) is 15.6. The monoisotopic (exact) mass is 341 g/mol. The van der Waals surface area contributed by atoms with E-state index in [9.17, 15) is 4.79 Å². The lowest BCUT2D eigenvalue weighted by Crippen LogP contribution is -2.32. The second kappa shape index (κ2) is 8.56. The van der Waals surface area contributed by atoms with E-state index >= 15 is 0 Å². The summed E-state index contributed by atoms with van der Waals surface area (Å²) in [5.41, 5.74) is 2.82. The molecule has 0 aliphatic heterocycles. The molecule has 0 saturated heterocycles. The summed E-state index contributed by atoms with van der Waals surface area (Å²) in [5, 5.41) is 2.92. The number of carbonyl (C=O) groups excluding carboxylic acids is 1. The first-order valence-electron chi connectivity index (χ1n) is 8.70. The van der Waals surface area contributed by atoms with Crippen LogP contribution in [0.25, 0.3) is 0 Å². The number of anilines is 1. The third-order valence-corrected chi connectivity index (χ3v) is 3.75. The fourth-order valence-corrected chi connectivity index (χ4v) is 2.45. The van der Waals surface area contributed by atoms with Gasteiger partial charge in [0.2, 0.25) is 0 Å². The van der Waals surface area contributed by atoms with Crippen molar-refractivity contribution in [1.82, 2.24) is 0 Å². The second-order valence-corrected chi connectivity index (χ2v) is 6.47. The lowest BCUT2D eigenvalue weighted by molar-refractivity contribution is -0.122. The fourth-order valence-electron chi connectivity index (χ4n) is 2.45. The SMILES string of the molecule is CC[C@@H](Oc1cc(C)ccc1C)C(=O)Nc1cccc(OC(C)C)c1. The molecule has 4 nitrogen and oxygen atoms in total. The van der Waals surface area contributed by atoms with E-state index in [1.54, 1.807) is 0 Å². The Kier molecular flexibility index (Phi) is 6.45. The minimum atomic E-state index is -0.546. The van der Waals surface area contributed by atoms with Crippen molar-refractivity contribution >= 4 is 11.6 Å². The van der Waals surface area contributed by atoms with Crippen LogP contribution >= 0.6 is 0 Å². The topological polar surface area (TPSA) is 47.6 Å². The van der Waals surface area contributed by atoms with Crippen molar-refractivity contribution in [2.24, 2.45) is 0 Å². The van der Waals surface area contributed by atoms with Gasteiger partial charge in [-0.15, -0.1) is 0 Å². The number of hydrogen-bond donors (Lipinski definition) is 1. The van der Waals surface area contributed by atoms with Gasteiger partial charge in [-0.1, -0.05) is 25.1 Å². The Bertz CT molecular complexity index is 725. The molecule has 0 bridgehead atoms. The fraction of sp³-hybridized carbons (Fsp3) is 0.381. The highest BCUT2D eigenvalue weighted by Gasteiger charge is 2.19. The van der Waals surface area contributed by atoms with E-state index in [4.69, 9.17) is 9.47 Å². The van der Waals surface area contributed by atoms with Crippen LogP contribution in [0.3, 0.4) is 0 Å². The van der Waals surface area contributed by atoms with Crippen molar-refractivity contribution in [2.45, 2.75) is 53.2 Å². The van der Waals surface area contributed by atoms with E-state index in [0.717, 1.165) is 22.6 Å². The molecule has 4 heteroatoms. The molecule has 0 aliphatic rings. The van der Waals surface area contributed by atoms with E-state index in [2.05, 4.69) is 5.32 Å². The maximum atomic E-state index is 12.6. The molecular weight excluding hydrogens is 314 g/mol. The molecule has 0 aliphatic carbocycles. The first-order valence-corrected chi connectivity index (χ1v) is 8.70. The Hall–Kier alpha value is -2.49. The van der Waals surface area contributed by atoms with E-state index in [1.807, 2.05) is 77.1 Å². The molecule has 2 aromatic rings. The maximum absolute atomic E-state index is 12.6. The molecule has 0 unspecified atom stereocenters. The number of rotatable bonds is 7. The quantitative estimate of drug-likeness (QED) is 0.780. The molecule has 0 fully saturated rings. The molecule has 134 valence electrons. The lowest BCUT2D eigenvalue weighted by Gasteiger charge is -2.19. The van der Waals surface area contributed by atoms with Gasteiger partial charge in [-0.2, -0.15) is 0 Å². The number of carbonyl (C=O) groups is 1. The number of aryl methyl sites for hydroxylation is 2. The molecule has 2 rings (SSSR count). The average molecular weight is 341 g/mol. The van der Waals surface area contributed by atoms with Crippen LogP contribution in [0.5, 0.6) is 11.5 Å². The highest BCUT2D eigenvalue weighted by Crippen LogP contribution is 2.23. The van der Waals surface area contributed by atoms with Crippen LogP contribution in [0.1, 0.15) is 38.3 Å². The minimum absolute atomic E-state index is 0.0852. The molecule has 2 aromatic carbocycles. The summed E-state index contributed by atoms with van der Waals surface area (Å²) in [7, 11) is 0. The third kappa shape index (κ3) is 5.52. The Morgan fingerprint density at radius 2 is 1.84 bits per heavy atom. The van der Waals surface area contributed by atoms with Gasteiger partial charge < -0.3 is 14.8 Å². The minimum Gasteiger partial charge on any atom is -0.491 e. The Morgan fingerprint density at radius 3 is 2.52 bits per heavy atom. The highest BCUT2D eigenvalue weighted by atomic mass is 16.5. The largest absolute Gasteiger partial charge is 0.491 e. The first-order chi connectivity index (χ1) is 11.9. The first kappa shape index (κ1) is 18.8. The summed E-state index contributed by atoms with van der Waals surface area (Å²) < 4.78 is 11.6. The van der Waals surface area contributed by atoms with Gasteiger partial charge in [0.05, 0.1) is 6.10 Å². The van der Waals surface area contributed by atoms with Crippen molar-refractivity contribution in [1.29, 1.82) is 0 Å². The average Bonchev–Trinajstić information content (AvgIpc) is 2.55. The number of hydrogen-bond acceptors (Lipinski definition) is 3. The number of amides is 1. The van der Waals surface area contributed by atoms with Crippen LogP contribution in [0.15, 0.2) is 42.5 Å². The third-order valence-electron chi connectivity index (χ3n) is 3.75. The Morgan fingerprint density at radius 1 is 1.08 bits per heavy atom. The number of benzene rings is 2. The molecule has 0 radical (unpaired) electrons. The molecule has 0 heterocycles. The molecule has 1 amide bonds. The summed E-state index contributed by atoms with van der Waals surface area (Å²) in [6.45, 7) is 9.86. The van der Waals surface area contributed by atoms with Crippen molar-refractivity contribution in [3.05, 3.63) is 53.6 Å². The van der Waals surface area contributed by atoms with Gasteiger partial charge in [-0.05, 0) is 63.4 Å². The van der Waals surface area contributed by atoms with Gasteiger partial charge in [-0.25, -0.2) is 0 Å². The van der Waals surface area contributed by atoms with Gasteiger partial charge in [0.25, 0.3) is 5.91 Å². The molecule has 0 aromatic heterocycles. The molecule has 1 atom stereocenters. The Balaban J connectivity index is 2.08. The predicted molar refractivity (Wildman–Crippen MR) is 101 cm³/mol.